The van der Waals surface area contributed by atoms with Gasteiger partial charge < -0.3 is 14.2 Å². The predicted octanol–water partition coefficient (Wildman–Crippen LogP) is 4.73. The van der Waals surface area contributed by atoms with Gasteiger partial charge in [0, 0.05) is 19.2 Å². The van der Waals surface area contributed by atoms with Gasteiger partial charge >= 0.3 is 0 Å². The molecule has 0 saturated heterocycles. The molecule has 156 valence electrons. The molecule has 0 saturated carbocycles. The Morgan fingerprint density at radius 2 is 1.53 bits per heavy atom. The van der Waals surface area contributed by atoms with E-state index in [0.29, 0.717) is 25.9 Å². The lowest BCUT2D eigenvalue weighted by Gasteiger charge is -2.23. The number of nitrogens with zero attached hydrogens (tertiary/aromatic N) is 2. The lowest BCUT2D eigenvalue weighted by atomic mass is 10.1. The third kappa shape index (κ3) is 5.60. The van der Waals surface area contributed by atoms with Crippen molar-refractivity contribution in [2.45, 2.75) is 39.8 Å². The number of likely N-dealkylation sites (N-methyl/N-ethyl adjacent to an activating group) is 1. The molecule has 2 aromatic carbocycles. The molecule has 0 N–H and O–H groups in total. The smallest absolute Gasteiger partial charge is 0.227 e. The van der Waals surface area contributed by atoms with E-state index in [-0.39, 0.29) is 11.8 Å². The van der Waals surface area contributed by atoms with Gasteiger partial charge in [-0.3, -0.25) is 9.59 Å². The van der Waals surface area contributed by atoms with Gasteiger partial charge in [0.1, 0.15) is 5.76 Å². The normalized spacial score (nSPS) is 10.6. The number of carbonyl (C=O) groups excluding carboxylic acids is 2. The van der Waals surface area contributed by atoms with Gasteiger partial charge in [-0.2, -0.15) is 0 Å². The molecule has 0 aliphatic carbocycles. The highest BCUT2D eigenvalue weighted by molar-refractivity contribution is 5.93. The van der Waals surface area contributed by atoms with Gasteiger partial charge in [-0.1, -0.05) is 48.9 Å². The summed E-state index contributed by atoms with van der Waals surface area (Å²) in [4.78, 5) is 28.5. The summed E-state index contributed by atoms with van der Waals surface area (Å²) in [6, 6.07) is 19.5. The van der Waals surface area contributed by atoms with Crippen molar-refractivity contribution in [1.82, 2.24) is 4.90 Å². The number of aryl methyl sites for hydroxylation is 1. The van der Waals surface area contributed by atoms with Crippen LogP contribution in [0.2, 0.25) is 0 Å². The molecule has 3 rings (SSSR count). The second-order valence-electron chi connectivity index (χ2n) is 7.49. The lowest BCUT2D eigenvalue weighted by Crippen LogP contribution is -2.29. The molecule has 0 aliphatic heterocycles. The van der Waals surface area contributed by atoms with Crippen LogP contribution in [0.4, 0.5) is 5.69 Å². The minimum atomic E-state index is 0.0142. The molecule has 0 radical (unpaired) electrons. The fourth-order valence-corrected chi connectivity index (χ4v) is 3.22. The van der Waals surface area contributed by atoms with Gasteiger partial charge in [0.2, 0.25) is 11.8 Å². The molecule has 5 heteroatoms. The first kappa shape index (κ1) is 21.4. The second-order valence-corrected chi connectivity index (χ2v) is 7.49. The van der Waals surface area contributed by atoms with Crippen molar-refractivity contribution < 1.29 is 14.0 Å². The third-order valence-electron chi connectivity index (χ3n) is 5.07. The molecule has 5 nitrogen and oxygen atoms in total. The van der Waals surface area contributed by atoms with Crippen LogP contribution in [0.5, 0.6) is 0 Å². The van der Waals surface area contributed by atoms with Crippen molar-refractivity contribution in [3.05, 3.63) is 89.4 Å². The summed E-state index contributed by atoms with van der Waals surface area (Å²) in [6.07, 6.45) is 2.34. The van der Waals surface area contributed by atoms with Gasteiger partial charge in [-0.25, -0.2) is 0 Å². The van der Waals surface area contributed by atoms with Crippen LogP contribution in [0, 0.1) is 6.92 Å². The van der Waals surface area contributed by atoms with E-state index in [1.54, 1.807) is 23.1 Å². The zero-order chi connectivity index (χ0) is 21.5. The van der Waals surface area contributed by atoms with E-state index in [4.69, 9.17) is 4.42 Å². The Hall–Kier alpha value is -3.34. The standard InChI is InChI=1S/C25H28N2O3/c1-4-24(28)27(17-21-9-7-19(2)8-10-21)22-13-11-20(12-14-22)16-25(29)26(3)18-23-6-5-15-30-23/h5-15H,4,16-18H2,1-3H3. The molecule has 0 atom stereocenters. The van der Waals surface area contributed by atoms with Crippen molar-refractivity contribution in [3.8, 4) is 0 Å². The monoisotopic (exact) mass is 404 g/mol. The Bertz CT molecular complexity index is 961. The van der Waals surface area contributed by atoms with E-state index in [1.165, 1.54) is 5.56 Å². The number of anilines is 1. The molecule has 0 spiro atoms. The van der Waals surface area contributed by atoms with Crippen LogP contribution in [0.25, 0.3) is 0 Å². The van der Waals surface area contributed by atoms with E-state index in [9.17, 15) is 9.59 Å². The number of benzene rings is 2. The Morgan fingerprint density at radius 3 is 2.13 bits per heavy atom. The topological polar surface area (TPSA) is 53.8 Å². The van der Waals surface area contributed by atoms with E-state index in [0.717, 1.165) is 22.6 Å². The van der Waals surface area contributed by atoms with Gasteiger partial charge in [-0.15, -0.1) is 0 Å². The first-order chi connectivity index (χ1) is 14.5. The summed E-state index contributed by atoms with van der Waals surface area (Å²) in [5, 5.41) is 0. The molecule has 0 fully saturated rings. The van der Waals surface area contributed by atoms with Gasteiger partial charge in [0.25, 0.3) is 0 Å². The largest absolute Gasteiger partial charge is 0.467 e. The summed E-state index contributed by atoms with van der Waals surface area (Å²) in [5.74, 6) is 0.837. The summed E-state index contributed by atoms with van der Waals surface area (Å²) in [7, 11) is 1.77. The van der Waals surface area contributed by atoms with E-state index in [2.05, 4.69) is 12.1 Å². The van der Waals surface area contributed by atoms with Crippen LogP contribution in [-0.4, -0.2) is 23.8 Å². The van der Waals surface area contributed by atoms with Gasteiger partial charge in [-0.05, 0) is 42.3 Å². The zero-order valence-electron chi connectivity index (χ0n) is 17.8. The Kier molecular flexibility index (Phi) is 7.07. The van der Waals surface area contributed by atoms with Crippen molar-refractivity contribution in [1.29, 1.82) is 0 Å². The van der Waals surface area contributed by atoms with Gasteiger partial charge in [0.05, 0.1) is 25.8 Å². The summed E-state index contributed by atoms with van der Waals surface area (Å²) in [5.41, 5.74) is 4.02. The number of carbonyl (C=O) groups is 2. The molecule has 1 aromatic heterocycles. The van der Waals surface area contributed by atoms with Crippen LogP contribution in [-0.2, 0) is 29.1 Å². The van der Waals surface area contributed by atoms with E-state index >= 15 is 0 Å². The number of amides is 2. The molecule has 3 aromatic rings. The highest BCUT2D eigenvalue weighted by atomic mass is 16.3. The highest BCUT2D eigenvalue weighted by Crippen LogP contribution is 2.20. The minimum Gasteiger partial charge on any atom is -0.467 e. The maximum atomic E-state index is 12.5. The number of furan rings is 1. The molecular formula is C25H28N2O3. The molecule has 1 heterocycles. The highest BCUT2D eigenvalue weighted by Gasteiger charge is 2.16. The molecule has 30 heavy (non-hydrogen) atoms. The first-order valence-electron chi connectivity index (χ1n) is 10.2. The molecule has 0 unspecified atom stereocenters. The van der Waals surface area contributed by atoms with Crippen LogP contribution in [0.3, 0.4) is 0 Å². The van der Waals surface area contributed by atoms with Crippen LogP contribution < -0.4 is 4.90 Å². The fourth-order valence-electron chi connectivity index (χ4n) is 3.22. The molecule has 2 amide bonds. The Labute approximate surface area is 177 Å². The van der Waals surface area contributed by atoms with Crippen molar-refractivity contribution >= 4 is 17.5 Å². The van der Waals surface area contributed by atoms with Crippen molar-refractivity contribution in [2.75, 3.05) is 11.9 Å². The van der Waals surface area contributed by atoms with Crippen LogP contribution >= 0.6 is 0 Å². The number of hydrogen-bond donors (Lipinski definition) is 0. The molecule has 0 aliphatic rings. The average Bonchev–Trinajstić information content (AvgIpc) is 3.26. The Balaban J connectivity index is 1.67. The maximum Gasteiger partial charge on any atom is 0.227 e. The predicted molar refractivity (Wildman–Crippen MR) is 118 cm³/mol. The fraction of sp³-hybridized carbons (Fsp3) is 0.280. The van der Waals surface area contributed by atoms with E-state index in [1.807, 2.05) is 62.4 Å². The SMILES string of the molecule is CCC(=O)N(Cc1ccc(C)cc1)c1ccc(CC(=O)N(C)Cc2ccco2)cc1. The van der Waals surface area contributed by atoms with E-state index < -0.39 is 0 Å². The van der Waals surface area contributed by atoms with Crippen LogP contribution in [0.15, 0.2) is 71.3 Å². The maximum absolute atomic E-state index is 12.5. The zero-order valence-corrected chi connectivity index (χ0v) is 17.8. The average molecular weight is 405 g/mol. The Morgan fingerprint density at radius 1 is 0.867 bits per heavy atom. The van der Waals surface area contributed by atoms with Gasteiger partial charge in [0.15, 0.2) is 0 Å². The van der Waals surface area contributed by atoms with Crippen molar-refractivity contribution in [3.63, 3.8) is 0 Å². The van der Waals surface area contributed by atoms with Crippen molar-refractivity contribution in [2.24, 2.45) is 0 Å². The first-order valence-corrected chi connectivity index (χ1v) is 10.2. The molecular weight excluding hydrogens is 376 g/mol. The minimum absolute atomic E-state index is 0.0142. The lowest BCUT2D eigenvalue weighted by molar-refractivity contribution is -0.130. The summed E-state index contributed by atoms with van der Waals surface area (Å²) in [6.45, 7) is 4.88. The quantitative estimate of drug-likeness (QED) is 0.545. The summed E-state index contributed by atoms with van der Waals surface area (Å²) >= 11 is 0. The third-order valence-corrected chi connectivity index (χ3v) is 5.07. The molecule has 0 bridgehead atoms. The van der Waals surface area contributed by atoms with Crippen LogP contribution in [0.1, 0.15) is 35.8 Å². The number of rotatable bonds is 8. The summed E-state index contributed by atoms with van der Waals surface area (Å²) < 4.78 is 5.30. The number of hydrogen-bond acceptors (Lipinski definition) is 3. The second kappa shape index (κ2) is 9.92.